The Morgan fingerprint density at radius 3 is 2.61 bits per heavy atom. The number of piperazine rings is 1. The van der Waals surface area contributed by atoms with Gasteiger partial charge in [0.1, 0.15) is 0 Å². The highest BCUT2D eigenvalue weighted by molar-refractivity contribution is 6.00. The highest BCUT2D eigenvalue weighted by Crippen LogP contribution is 2.25. The van der Waals surface area contributed by atoms with E-state index in [0.29, 0.717) is 12.0 Å². The van der Waals surface area contributed by atoms with Crippen LogP contribution >= 0.6 is 0 Å². The molecule has 0 aliphatic carbocycles. The minimum atomic E-state index is -0.806. The summed E-state index contributed by atoms with van der Waals surface area (Å²) in [5, 5.41) is 2.93. The van der Waals surface area contributed by atoms with Crippen LogP contribution in [0.4, 0.5) is 11.4 Å². The van der Waals surface area contributed by atoms with Crippen LogP contribution in [0.2, 0.25) is 0 Å². The van der Waals surface area contributed by atoms with Gasteiger partial charge in [-0.3, -0.25) is 4.79 Å². The third kappa shape index (κ3) is 3.73. The molecule has 1 atom stereocenters. The number of hydrogen-bond acceptors (Lipinski definition) is 5. The number of aryl methyl sites for hydroxylation is 1. The van der Waals surface area contributed by atoms with Gasteiger partial charge in [0.2, 0.25) is 0 Å². The molecule has 0 aromatic heterocycles. The summed E-state index contributed by atoms with van der Waals surface area (Å²) in [6.07, 6.45) is -0.411. The number of benzene rings is 2. The quantitative estimate of drug-likeness (QED) is 0.830. The molecular formula is C22H25N3O3. The molecule has 0 spiro atoms. The number of ether oxygens (including phenoxy) is 1. The fourth-order valence-electron chi connectivity index (χ4n) is 3.74. The standard InChI is InChI=1S/C22H25N3O3/c1-15-13-17(25-11-9-24(2)10-12-25)7-8-19(15)23-21(26)20-14-16-5-3-4-6-18(16)22(27)28-20/h3-8,13,20H,9-12,14H2,1-2H3,(H,23,26). The second-order valence-electron chi connectivity index (χ2n) is 7.53. The third-order valence-corrected chi connectivity index (χ3v) is 5.52. The van der Waals surface area contributed by atoms with Crippen LogP contribution in [0.5, 0.6) is 0 Å². The maximum Gasteiger partial charge on any atom is 0.339 e. The average molecular weight is 379 g/mol. The number of nitrogens with one attached hydrogen (secondary N) is 1. The summed E-state index contributed by atoms with van der Waals surface area (Å²) >= 11 is 0. The lowest BCUT2D eigenvalue weighted by molar-refractivity contribution is -0.125. The van der Waals surface area contributed by atoms with Crippen molar-refractivity contribution in [3.8, 4) is 0 Å². The van der Waals surface area contributed by atoms with Gasteiger partial charge in [-0.1, -0.05) is 18.2 Å². The van der Waals surface area contributed by atoms with Crippen molar-refractivity contribution in [3.05, 3.63) is 59.2 Å². The van der Waals surface area contributed by atoms with Gasteiger partial charge in [-0.2, -0.15) is 0 Å². The molecule has 0 saturated carbocycles. The van der Waals surface area contributed by atoms with Crippen molar-refractivity contribution in [2.75, 3.05) is 43.4 Å². The van der Waals surface area contributed by atoms with Gasteiger partial charge in [-0.15, -0.1) is 0 Å². The molecule has 2 aromatic carbocycles. The smallest absolute Gasteiger partial charge is 0.339 e. The predicted molar refractivity (Wildman–Crippen MR) is 109 cm³/mol. The van der Waals surface area contributed by atoms with Crippen molar-refractivity contribution in [3.63, 3.8) is 0 Å². The Kier molecular flexibility index (Phi) is 5.05. The summed E-state index contributed by atoms with van der Waals surface area (Å²) in [4.78, 5) is 29.5. The summed E-state index contributed by atoms with van der Waals surface area (Å²) < 4.78 is 5.35. The monoisotopic (exact) mass is 379 g/mol. The Morgan fingerprint density at radius 1 is 1.11 bits per heavy atom. The van der Waals surface area contributed by atoms with Crippen molar-refractivity contribution in [2.24, 2.45) is 0 Å². The first-order valence-corrected chi connectivity index (χ1v) is 9.65. The van der Waals surface area contributed by atoms with E-state index in [1.807, 2.05) is 31.2 Å². The van der Waals surface area contributed by atoms with E-state index in [9.17, 15) is 9.59 Å². The van der Waals surface area contributed by atoms with Crippen LogP contribution in [0, 0.1) is 6.92 Å². The molecular weight excluding hydrogens is 354 g/mol. The summed E-state index contributed by atoms with van der Waals surface area (Å²) in [5.74, 6) is -0.734. The van der Waals surface area contributed by atoms with Crippen molar-refractivity contribution >= 4 is 23.3 Å². The first-order valence-electron chi connectivity index (χ1n) is 9.65. The minimum absolute atomic E-state index is 0.293. The van der Waals surface area contributed by atoms with Crippen LogP contribution in [-0.4, -0.2) is 56.1 Å². The molecule has 1 unspecified atom stereocenters. The molecule has 1 saturated heterocycles. The molecule has 2 aliphatic heterocycles. The van der Waals surface area contributed by atoms with Gasteiger partial charge in [0.15, 0.2) is 6.10 Å². The molecule has 1 N–H and O–H groups in total. The van der Waals surface area contributed by atoms with Crippen LogP contribution in [-0.2, 0) is 16.0 Å². The molecule has 1 fully saturated rings. The van der Waals surface area contributed by atoms with Gasteiger partial charge in [0, 0.05) is 44.0 Å². The fraction of sp³-hybridized carbons (Fsp3) is 0.364. The first-order chi connectivity index (χ1) is 13.5. The van der Waals surface area contributed by atoms with Gasteiger partial charge in [-0.05, 0) is 49.4 Å². The lowest BCUT2D eigenvalue weighted by Crippen LogP contribution is -2.44. The zero-order valence-electron chi connectivity index (χ0n) is 16.3. The van der Waals surface area contributed by atoms with E-state index < -0.39 is 12.1 Å². The van der Waals surface area contributed by atoms with Crippen molar-refractivity contribution in [1.29, 1.82) is 0 Å². The van der Waals surface area contributed by atoms with Crippen LogP contribution in [0.1, 0.15) is 21.5 Å². The Bertz CT molecular complexity index is 904. The largest absolute Gasteiger partial charge is 0.448 e. The Hall–Kier alpha value is -2.86. The molecule has 2 aromatic rings. The number of rotatable bonds is 3. The van der Waals surface area contributed by atoms with Gasteiger partial charge < -0.3 is 19.9 Å². The molecule has 28 heavy (non-hydrogen) atoms. The predicted octanol–water partition coefficient (Wildman–Crippen LogP) is 2.47. The highest BCUT2D eigenvalue weighted by Gasteiger charge is 2.31. The van der Waals surface area contributed by atoms with E-state index in [-0.39, 0.29) is 5.91 Å². The summed E-state index contributed by atoms with van der Waals surface area (Å²) in [5.41, 5.74) is 4.30. The summed E-state index contributed by atoms with van der Waals surface area (Å²) in [7, 11) is 2.14. The molecule has 0 radical (unpaired) electrons. The normalized spacial score (nSPS) is 19.7. The number of amides is 1. The number of likely N-dealkylation sites (N-methyl/N-ethyl adjacent to an activating group) is 1. The number of carbonyl (C=O) groups is 2. The molecule has 6 heteroatoms. The van der Waals surface area contributed by atoms with E-state index in [1.54, 1.807) is 12.1 Å². The maximum absolute atomic E-state index is 12.7. The van der Waals surface area contributed by atoms with Crippen molar-refractivity contribution < 1.29 is 14.3 Å². The molecule has 2 heterocycles. The molecule has 0 bridgehead atoms. The second-order valence-corrected chi connectivity index (χ2v) is 7.53. The van der Waals surface area contributed by atoms with Gasteiger partial charge in [0.05, 0.1) is 5.56 Å². The number of esters is 1. The van der Waals surface area contributed by atoms with E-state index in [1.165, 1.54) is 5.69 Å². The van der Waals surface area contributed by atoms with Crippen molar-refractivity contribution in [1.82, 2.24) is 4.90 Å². The molecule has 2 aliphatic rings. The van der Waals surface area contributed by atoms with E-state index in [4.69, 9.17) is 4.74 Å². The van der Waals surface area contributed by atoms with Crippen molar-refractivity contribution in [2.45, 2.75) is 19.4 Å². The fourth-order valence-corrected chi connectivity index (χ4v) is 3.74. The zero-order chi connectivity index (χ0) is 19.7. The Balaban J connectivity index is 1.44. The summed E-state index contributed by atoms with van der Waals surface area (Å²) in [6, 6.07) is 13.3. The van der Waals surface area contributed by atoms with E-state index >= 15 is 0 Å². The molecule has 4 rings (SSSR count). The summed E-state index contributed by atoms with van der Waals surface area (Å²) in [6.45, 7) is 6.08. The molecule has 6 nitrogen and oxygen atoms in total. The first kappa shape index (κ1) is 18.5. The number of carbonyl (C=O) groups excluding carboxylic acids is 2. The van der Waals surface area contributed by atoms with Crippen LogP contribution in [0.3, 0.4) is 0 Å². The number of cyclic esters (lactones) is 1. The number of anilines is 2. The average Bonchev–Trinajstić information content (AvgIpc) is 2.70. The SMILES string of the molecule is Cc1cc(N2CCN(C)CC2)ccc1NC(=O)C1Cc2ccccc2C(=O)O1. The number of fused-ring (bicyclic) bond motifs is 1. The van der Waals surface area contributed by atoms with Crippen LogP contribution in [0.15, 0.2) is 42.5 Å². The van der Waals surface area contributed by atoms with Gasteiger partial charge in [0.25, 0.3) is 5.91 Å². The third-order valence-electron chi connectivity index (χ3n) is 5.52. The lowest BCUT2D eigenvalue weighted by atomic mass is 9.98. The van der Waals surface area contributed by atoms with Crippen LogP contribution in [0.25, 0.3) is 0 Å². The topological polar surface area (TPSA) is 61.9 Å². The zero-order valence-corrected chi connectivity index (χ0v) is 16.3. The van der Waals surface area contributed by atoms with Gasteiger partial charge >= 0.3 is 5.97 Å². The maximum atomic E-state index is 12.7. The Labute approximate surface area is 165 Å². The van der Waals surface area contributed by atoms with E-state index in [0.717, 1.165) is 43.0 Å². The Morgan fingerprint density at radius 2 is 1.86 bits per heavy atom. The number of hydrogen-bond donors (Lipinski definition) is 1. The molecule has 146 valence electrons. The molecule has 1 amide bonds. The lowest BCUT2D eigenvalue weighted by Gasteiger charge is -2.34. The van der Waals surface area contributed by atoms with E-state index in [2.05, 4.69) is 28.2 Å². The minimum Gasteiger partial charge on any atom is -0.448 e. The van der Waals surface area contributed by atoms with Crippen LogP contribution < -0.4 is 10.2 Å². The second kappa shape index (κ2) is 7.64. The highest BCUT2D eigenvalue weighted by atomic mass is 16.5. The van der Waals surface area contributed by atoms with Gasteiger partial charge in [-0.25, -0.2) is 4.79 Å². The number of nitrogens with zero attached hydrogens (tertiary/aromatic N) is 2.